The van der Waals surface area contributed by atoms with Crippen LogP contribution in [-0.2, 0) is 9.84 Å². The Morgan fingerprint density at radius 2 is 1.55 bits per heavy atom. The molecule has 3 aromatic carbocycles. The van der Waals surface area contributed by atoms with Gasteiger partial charge < -0.3 is 0 Å². The predicted octanol–water partition coefficient (Wildman–Crippen LogP) is 6.42. The van der Waals surface area contributed by atoms with Gasteiger partial charge in [0.2, 0.25) is 15.6 Å². The van der Waals surface area contributed by atoms with E-state index in [1.165, 1.54) is 30.3 Å². The van der Waals surface area contributed by atoms with Crippen molar-refractivity contribution >= 4 is 49.2 Å². The van der Waals surface area contributed by atoms with Crippen LogP contribution in [0.1, 0.15) is 27.0 Å². The van der Waals surface area contributed by atoms with E-state index in [1.54, 1.807) is 24.3 Å². The highest BCUT2D eigenvalue weighted by molar-refractivity contribution is 9.10. The normalized spacial score (nSPS) is 12.1. The number of sulfone groups is 1. The third-order valence-corrected chi connectivity index (χ3v) is 7.02. The first-order valence-corrected chi connectivity index (χ1v) is 11.4. The summed E-state index contributed by atoms with van der Waals surface area (Å²) >= 11 is 9.22. The molecule has 0 fully saturated rings. The highest BCUT2D eigenvalue weighted by atomic mass is 79.9. The third kappa shape index (κ3) is 4.86. The Balaban J connectivity index is 2.22. The van der Waals surface area contributed by atoms with E-state index in [2.05, 4.69) is 15.9 Å². The van der Waals surface area contributed by atoms with Crippen LogP contribution in [0.25, 0.3) is 6.08 Å². The summed E-state index contributed by atoms with van der Waals surface area (Å²) in [4.78, 5) is 13.0. The van der Waals surface area contributed by atoms with Crippen LogP contribution in [0, 0.1) is 13.8 Å². The minimum Gasteiger partial charge on any atom is -0.288 e. The fourth-order valence-corrected chi connectivity index (χ4v) is 4.59. The minimum atomic E-state index is -4.05. The number of halogens is 2. The number of allylic oxidation sites excluding steroid dienone is 1. The van der Waals surface area contributed by atoms with Gasteiger partial charge in [-0.05, 0) is 79.6 Å². The van der Waals surface area contributed by atoms with Crippen LogP contribution in [0.2, 0.25) is 5.02 Å². The molecule has 0 aromatic heterocycles. The number of carbonyl (C=O) groups is 1. The van der Waals surface area contributed by atoms with Crippen LogP contribution in [-0.4, -0.2) is 14.2 Å². The maximum Gasteiger partial charge on any atom is 0.210 e. The maximum atomic E-state index is 13.4. The van der Waals surface area contributed by atoms with Crippen molar-refractivity contribution < 1.29 is 13.2 Å². The van der Waals surface area contributed by atoms with Crippen molar-refractivity contribution in [3.8, 4) is 0 Å². The number of rotatable bonds is 5. The van der Waals surface area contributed by atoms with E-state index in [4.69, 9.17) is 11.6 Å². The second-order valence-electron chi connectivity index (χ2n) is 6.66. The number of benzene rings is 3. The van der Waals surface area contributed by atoms with Gasteiger partial charge in [0, 0.05) is 15.1 Å². The van der Waals surface area contributed by atoms with Crippen LogP contribution < -0.4 is 0 Å². The van der Waals surface area contributed by atoms with E-state index in [1.807, 2.05) is 32.0 Å². The van der Waals surface area contributed by atoms with E-state index < -0.39 is 15.6 Å². The summed E-state index contributed by atoms with van der Waals surface area (Å²) in [6, 6.07) is 18.1. The molecule has 0 heterocycles. The van der Waals surface area contributed by atoms with Gasteiger partial charge in [-0.3, -0.25) is 4.79 Å². The first-order valence-electron chi connectivity index (χ1n) is 8.78. The molecule has 0 spiro atoms. The lowest BCUT2D eigenvalue weighted by Crippen LogP contribution is -2.14. The molecule has 3 nitrogen and oxygen atoms in total. The first kappa shape index (κ1) is 21.5. The number of ketones is 1. The smallest absolute Gasteiger partial charge is 0.210 e. The molecule has 0 aliphatic heterocycles. The van der Waals surface area contributed by atoms with Gasteiger partial charge in [-0.1, -0.05) is 51.3 Å². The van der Waals surface area contributed by atoms with Crippen molar-refractivity contribution in [2.75, 3.05) is 0 Å². The number of hydrogen-bond donors (Lipinski definition) is 0. The second-order valence-corrected chi connectivity index (χ2v) is 9.93. The summed E-state index contributed by atoms with van der Waals surface area (Å²) in [6.45, 7) is 3.79. The van der Waals surface area contributed by atoms with Crippen LogP contribution in [0.15, 0.2) is 81.0 Å². The lowest BCUT2D eigenvalue weighted by Gasteiger charge is -2.11. The monoisotopic (exact) mass is 488 g/mol. The van der Waals surface area contributed by atoms with Gasteiger partial charge in [-0.2, -0.15) is 0 Å². The van der Waals surface area contributed by atoms with Crippen molar-refractivity contribution in [3.63, 3.8) is 0 Å². The zero-order valence-corrected chi connectivity index (χ0v) is 19.0. The molecule has 0 saturated heterocycles. The Morgan fingerprint density at radius 1 is 0.931 bits per heavy atom. The molecular weight excluding hydrogens is 472 g/mol. The highest BCUT2D eigenvalue weighted by Gasteiger charge is 2.28. The SMILES string of the molecule is Cc1ccc(C)c(/C=C(\C(=O)c2ccc(Cl)cc2)S(=O)(=O)c2ccc(Br)cc2)c1. The van der Waals surface area contributed by atoms with Gasteiger partial charge >= 0.3 is 0 Å². The van der Waals surface area contributed by atoms with Gasteiger partial charge in [0.15, 0.2) is 0 Å². The molecule has 3 rings (SSSR count). The van der Waals surface area contributed by atoms with Crippen molar-refractivity contribution in [2.24, 2.45) is 0 Å². The topological polar surface area (TPSA) is 51.2 Å². The van der Waals surface area contributed by atoms with Crippen LogP contribution in [0.4, 0.5) is 0 Å². The van der Waals surface area contributed by atoms with E-state index in [0.29, 0.717) is 10.6 Å². The van der Waals surface area contributed by atoms with Crippen molar-refractivity contribution in [2.45, 2.75) is 18.7 Å². The maximum absolute atomic E-state index is 13.4. The van der Waals surface area contributed by atoms with E-state index in [9.17, 15) is 13.2 Å². The average Bonchev–Trinajstić information content (AvgIpc) is 2.69. The summed E-state index contributed by atoms with van der Waals surface area (Å²) in [7, 11) is -4.05. The largest absolute Gasteiger partial charge is 0.288 e. The molecule has 6 heteroatoms. The summed E-state index contributed by atoms with van der Waals surface area (Å²) < 4.78 is 27.5. The third-order valence-electron chi connectivity index (χ3n) is 4.46. The average molecular weight is 490 g/mol. The Hall–Kier alpha value is -2.21. The molecule has 0 aliphatic carbocycles. The van der Waals surface area contributed by atoms with Gasteiger partial charge in [0.05, 0.1) is 4.90 Å². The van der Waals surface area contributed by atoms with Gasteiger partial charge in [-0.25, -0.2) is 8.42 Å². The molecule has 0 amide bonds. The molecule has 3 aromatic rings. The summed E-state index contributed by atoms with van der Waals surface area (Å²) in [5, 5.41) is 0.470. The fourth-order valence-electron chi connectivity index (χ4n) is 2.81. The minimum absolute atomic E-state index is 0.0552. The molecule has 0 unspecified atom stereocenters. The molecule has 148 valence electrons. The summed E-state index contributed by atoms with van der Waals surface area (Å²) in [5.74, 6) is -0.578. The second kappa shape index (κ2) is 8.66. The molecule has 0 saturated carbocycles. The quantitative estimate of drug-likeness (QED) is 0.307. The van der Waals surface area contributed by atoms with Crippen LogP contribution in [0.3, 0.4) is 0 Å². The van der Waals surface area contributed by atoms with Crippen LogP contribution in [0.5, 0.6) is 0 Å². The van der Waals surface area contributed by atoms with Gasteiger partial charge in [0.1, 0.15) is 4.91 Å². The Bertz CT molecular complexity index is 1200. The molecular formula is C23H18BrClO3S. The molecule has 0 atom stereocenters. The standard InChI is InChI=1S/C23H18BrClO3S/c1-15-3-4-16(2)18(13-15)14-22(23(26)17-5-9-20(25)10-6-17)29(27,28)21-11-7-19(24)8-12-21/h3-14H,1-2H3/b22-14+. The Labute approximate surface area is 184 Å². The van der Waals surface area contributed by atoms with Gasteiger partial charge in [-0.15, -0.1) is 0 Å². The Morgan fingerprint density at radius 3 is 2.17 bits per heavy atom. The van der Waals surface area contributed by atoms with Crippen molar-refractivity contribution in [1.29, 1.82) is 0 Å². The molecule has 0 N–H and O–H groups in total. The molecule has 0 bridgehead atoms. The molecule has 0 radical (unpaired) electrons. The lowest BCUT2D eigenvalue weighted by molar-refractivity contribution is 0.104. The number of Topliss-reactive ketones (excluding diaryl/α,β-unsaturated/α-hetero) is 1. The highest BCUT2D eigenvalue weighted by Crippen LogP contribution is 2.28. The fraction of sp³-hybridized carbons (Fsp3) is 0.0870. The zero-order chi connectivity index (χ0) is 21.2. The first-order chi connectivity index (χ1) is 13.7. The van der Waals surface area contributed by atoms with Crippen molar-refractivity contribution in [1.82, 2.24) is 0 Å². The van der Waals surface area contributed by atoms with Crippen molar-refractivity contribution in [3.05, 3.63) is 103 Å². The van der Waals surface area contributed by atoms with E-state index in [-0.39, 0.29) is 15.4 Å². The number of hydrogen-bond acceptors (Lipinski definition) is 3. The van der Waals surface area contributed by atoms with Crippen LogP contribution >= 0.6 is 27.5 Å². The zero-order valence-electron chi connectivity index (χ0n) is 15.8. The number of aryl methyl sites for hydroxylation is 2. The lowest BCUT2D eigenvalue weighted by atomic mass is 10.0. The van der Waals surface area contributed by atoms with E-state index >= 15 is 0 Å². The summed E-state index contributed by atoms with van der Waals surface area (Å²) in [5.41, 5.74) is 2.79. The predicted molar refractivity (Wildman–Crippen MR) is 121 cm³/mol. The number of carbonyl (C=O) groups excluding carboxylic acids is 1. The molecule has 0 aliphatic rings. The Kier molecular flexibility index (Phi) is 6.42. The summed E-state index contributed by atoms with van der Waals surface area (Å²) in [6.07, 6.45) is 1.46. The molecule has 29 heavy (non-hydrogen) atoms. The van der Waals surface area contributed by atoms with E-state index in [0.717, 1.165) is 15.6 Å². The van der Waals surface area contributed by atoms with Gasteiger partial charge in [0.25, 0.3) is 0 Å².